The van der Waals surface area contributed by atoms with Crippen molar-refractivity contribution in [1.29, 1.82) is 0 Å². The van der Waals surface area contributed by atoms with Gasteiger partial charge in [-0.3, -0.25) is 0 Å². The molecular formula is C19H17Cl3N2. The van der Waals surface area contributed by atoms with Crippen LogP contribution in [0.15, 0.2) is 54.7 Å². The highest BCUT2D eigenvalue weighted by Crippen LogP contribution is 2.26. The van der Waals surface area contributed by atoms with Gasteiger partial charge in [-0.25, -0.2) is 9.13 Å². The molecule has 24 heavy (non-hydrogen) atoms. The minimum atomic E-state index is 0. The van der Waals surface area contributed by atoms with E-state index < -0.39 is 0 Å². The van der Waals surface area contributed by atoms with Crippen molar-refractivity contribution in [1.82, 2.24) is 4.57 Å². The third-order valence-corrected chi connectivity index (χ3v) is 5.14. The van der Waals surface area contributed by atoms with E-state index in [4.69, 9.17) is 23.2 Å². The van der Waals surface area contributed by atoms with Gasteiger partial charge in [0.25, 0.3) is 5.82 Å². The summed E-state index contributed by atoms with van der Waals surface area (Å²) in [5, 5.41) is 1.22. The molecule has 2 nitrogen and oxygen atoms in total. The molecule has 1 aliphatic rings. The second-order valence-corrected chi connectivity index (χ2v) is 6.74. The van der Waals surface area contributed by atoms with Crippen LogP contribution in [0.3, 0.4) is 0 Å². The van der Waals surface area contributed by atoms with E-state index in [1.165, 1.54) is 29.1 Å². The first-order valence-corrected chi connectivity index (χ1v) is 8.59. The lowest BCUT2D eigenvalue weighted by atomic mass is 10.1. The second kappa shape index (κ2) is 7.18. The zero-order valence-corrected chi connectivity index (χ0v) is 15.3. The lowest BCUT2D eigenvalue weighted by Crippen LogP contribution is -3.00. The molecule has 0 aliphatic carbocycles. The molecular weight excluding hydrogens is 363 g/mol. The van der Waals surface area contributed by atoms with Crippen LogP contribution in [0.25, 0.3) is 11.3 Å². The molecule has 1 aromatic heterocycles. The normalized spacial score (nSPS) is 12.8. The van der Waals surface area contributed by atoms with Gasteiger partial charge < -0.3 is 12.4 Å². The zero-order valence-electron chi connectivity index (χ0n) is 13.1. The summed E-state index contributed by atoms with van der Waals surface area (Å²) < 4.78 is 4.78. The Kier molecular flexibility index (Phi) is 5.19. The molecule has 0 atom stereocenters. The molecule has 0 spiro atoms. The monoisotopic (exact) mass is 378 g/mol. The van der Waals surface area contributed by atoms with Gasteiger partial charge in [0, 0.05) is 5.56 Å². The van der Waals surface area contributed by atoms with Gasteiger partial charge in [-0.15, -0.1) is 0 Å². The van der Waals surface area contributed by atoms with Gasteiger partial charge in [-0.1, -0.05) is 59.6 Å². The topological polar surface area (TPSA) is 8.81 Å². The molecule has 0 amide bonds. The molecule has 0 saturated heterocycles. The fraction of sp³-hybridized carbons (Fsp3) is 0.211. The fourth-order valence-corrected chi connectivity index (χ4v) is 3.64. The molecule has 0 bridgehead atoms. The number of halogens is 3. The standard InChI is InChI=1S/C19H17Cl2N2.ClH/c20-16-9-8-14(11-17(16)21)12-22-13-18(15-5-2-1-3-6-15)23-10-4-7-19(22)23;/h1-3,5-6,8-9,11,13H,4,7,10,12H2;1H/q+1;/p-1. The highest BCUT2D eigenvalue weighted by atomic mass is 35.5. The lowest BCUT2D eigenvalue weighted by molar-refractivity contribution is -0.694. The van der Waals surface area contributed by atoms with Crippen LogP contribution in [0.1, 0.15) is 17.8 Å². The van der Waals surface area contributed by atoms with E-state index in [-0.39, 0.29) is 12.4 Å². The Bertz CT molecular complexity index is 857. The van der Waals surface area contributed by atoms with E-state index in [1.54, 1.807) is 0 Å². The molecule has 0 unspecified atom stereocenters. The first-order chi connectivity index (χ1) is 11.2. The van der Waals surface area contributed by atoms with Crippen LogP contribution in [0, 0.1) is 0 Å². The number of hydrogen-bond donors (Lipinski definition) is 0. The maximum Gasteiger partial charge on any atom is 0.257 e. The summed E-state index contributed by atoms with van der Waals surface area (Å²) >= 11 is 12.2. The smallest absolute Gasteiger partial charge is 0.257 e. The molecule has 124 valence electrons. The number of fused-ring (bicyclic) bond motifs is 1. The Hall–Kier alpha value is -1.48. The molecule has 1 aliphatic heterocycles. The summed E-state index contributed by atoms with van der Waals surface area (Å²) in [6.45, 7) is 1.91. The minimum absolute atomic E-state index is 0. The third-order valence-electron chi connectivity index (χ3n) is 4.40. The van der Waals surface area contributed by atoms with Crippen molar-refractivity contribution in [3.05, 3.63) is 76.2 Å². The van der Waals surface area contributed by atoms with Gasteiger partial charge >= 0.3 is 0 Å². The summed E-state index contributed by atoms with van der Waals surface area (Å²) in [7, 11) is 0. The van der Waals surface area contributed by atoms with E-state index in [9.17, 15) is 0 Å². The Morgan fingerprint density at radius 3 is 2.54 bits per heavy atom. The van der Waals surface area contributed by atoms with Gasteiger partial charge in [0.05, 0.1) is 23.0 Å². The van der Waals surface area contributed by atoms with Crippen molar-refractivity contribution in [2.45, 2.75) is 25.9 Å². The number of nitrogens with zero attached hydrogens (tertiary/aromatic N) is 2. The van der Waals surface area contributed by atoms with Gasteiger partial charge in [0.1, 0.15) is 12.7 Å². The van der Waals surface area contributed by atoms with Crippen molar-refractivity contribution in [3.63, 3.8) is 0 Å². The van der Waals surface area contributed by atoms with E-state index in [0.717, 1.165) is 19.5 Å². The number of benzene rings is 2. The van der Waals surface area contributed by atoms with Crippen molar-refractivity contribution in [2.75, 3.05) is 0 Å². The van der Waals surface area contributed by atoms with Gasteiger partial charge in [0.2, 0.25) is 0 Å². The summed E-state index contributed by atoms with van der Waals surface area (Å²) in [4.78, 5) is 0. The van der Waals surface area contributed by atoms with Crippen molar-refractivity contribution in [2.24, 2.45) is 0 Å². The van der Waals surface area contributed by atoms with Crippen LogP contribution in [0.2, 0.25) is 10.0 Å². The third kappa shape index (κ3) is 3.19. The average Bonchev–Trinajstić information content (AvgIpc) is 3.16. The Labute approximate surface area is 158 Å². The Morgan fingerprint density at radius 2 is 1.79 bits per heavy atom. The van der Waals surface area contributed by atoms with E-state index in [1.807, 2.05) is 18.2 Å². The molecule has 0 saturated carbocycles. The predicted molar refractivity (Wildman–Crippen MR) is 93.9 cm³/mol. The SMILES string of the molecule is Clc1ccc(C[n+]2cc(-c3ccccc3)n3c2CCC3)cc1Cl.[Cl-]. The molecule has 3 aromatic rings. The maximum absolute atomic E-state index is 6.15. The van der Waals surface area contributed by atoms with Crippen LogP contribution in [-0.2, 0) is 19.5 Å². The molecule has 2 aromatic carbocycles. The summed E-state index contributed by atoms with van der Waals surface area (Å²) in [6, 6.07) is 16.5. The highest BCUT2D eigenvalue weighted by molar-refractivity contribution is 6.42. The summed E-state index contributed by atoms with van der Waals surface area (Å²) in [5.41, 5.74) is 3.73. The van der Waals surface area contributed by atoms with E-state index in [2.05, 4.69) is 45.7 Å². The molecule has 5 heteroatoms. The van der Waals surface area contributed by atoms with Crippen LogP contribution in [-0.4, -0.2) is 4.57 Å². The zero-order chi connectivity index (χ0) is 15.8. The Morgan fingerprint density at radius 1 is 1.00 bits per heavy atom. The van der Waals surface area contributed by atoms with Gasteiger partial charge in [-0.05, 0) is 24.1 Å². The molecule has 0 fully saturated rings. The molecule has 2 heterocycles. The average molecular weight is 380 g/mol. The second-order valence-electron chi connectivity index (χ2n) is 5.93. The number of aromatic nitrogens is 2. The highest BCUT2D eigenvalue weighted by Gasteiger charge is 2.28. The van der Waals surface area contributed by atoms with E-state index in [0.29, 0.717) is 10.0 Å². The van der Waals surface area contributed by atoms with Crippen LogP contribution < -0.4 is 17.0 Å². The van der Waals surface area contributed by atoms with Gasteiger partial charge in [-0.2, -0.15) is 0 Å². The predicted octanol–water partition coefficient (Wildman–Crippen LogP) is 1.75. The number of hydrogen-bond acceptors (Lipinski definition) is 0. The maximum atomic E-state index is 6.15. The molecule has 0 radical (unpaired) electrons. The molecule has 0 N–H and O–H groups in total. The van der Waals surface area contributed by atoms with Crippen LogP contribution in [0.5, 0.6) is 0 Å². The van der Waals surface area contributed by atoms with E-state index >= 15 is 0 Å². The van der Waals surface area contributed by atoms with Crippen molar-refractivity contribution >= 4 is 23.2 Å². The lowest BCUT2D eigenvalue weighted by Gasteiger charge is -2.02. The summed E-state index contributed by atoms with van der Waals surface area (Å²) in [6.07, 6.45) is 4.58. The summed E-state index contributed by atoms with van der Waals surface area (Å²) in [5.74, 6) is 1.38. The fourth-order valence-electron chi connectivity index (χ4n) is 3.32. The Balaban J connectivity index is 0.00000169. The quantitative estimate of drug-likeness (QED) is 0.613. The number of rotatable bonds is 3. The van der Waals surface area contributed by atoms with Crippen molar-refractivity contribution in [3.8, 4) is 11.3 Å². The van der Waals surface area contributed by atoms with Crippen LogP contribution in [0.4, 0.5) is 0 Å². The van der Waals surface area contributed by atoms with Crippen molar-refractivity contribution < 1.29 is 17.0 Å². The van der Waals surface area contributed by atoms with Crippen LogP contribution >= 0.6 is 23.2 Å². The van der Waals surface area contributed by atoms with Gasteiger partial charge in [0.15, 0.2) is 5.69 Å². The first-order valence-electron chi connectivity index (χ1n) is 7.83. The molecule has 4 rings (SSSR count). The largest absolute Gasteiger partial charge is 1.00 e. The first kappa shape index (κ1) is 17.3. The minimum Gasteiger partial charge on any atom is -1.00 e. The number of imidazole rings is 1.